The number of aliphatic carboxylic acids is 1. The zero-order chi connectivity index (χ0) is 7.44. The van der Waals surface area contributed by atoms with E-state index in [1.54, 1.807) is 6.92 Å². The Kier molecular flexibility index (Phi) is 2.75. The lowest BCUT2D eigenvalue weighted by atomic mass is 10.1. The summed E-state index contributed by atoms with van der Waals surface area (Å²) in [5.41, 5.74) is 5.13. The van der Waals surface area contributed by atoms with Gasteiger partial charge in [0.05, 0.1) is 0 Å². The number of carbonyl (C=O) groups is 1. The molecule has 50 valence electrons. The number of carboxylic acid groups (broad SMARTS) is 1. The summed E-state index contributed by atoms with van der Waals surface area (Å²) in [4.78, 5) is 10.1. The second-order valence-corrected chi connectivity index (χ2v) is 1.82. The molecular formula is C6H9NO2. The smallest absolute Gasteiger partial charge is 0.321 e. The fraction of sp³-hybridized carbons (Fsp3) is 0.500. The fourth-order valence-electron chi connectivity index (χ4n) is 0.318. The summed E-state index contributed by atoms with van der Waals surface area (Å²) in [6.45, 7) is 1.60. The van der Waals surface area contributed by atoms with E-state index < -0.39 is 17.9 Å². The van der Waals surface area contributed by atoms with Crippen LogP contribution in [0.2, 0.25) is 0 Å². The topological polar surface area (TPSA) is 63.3 Å². The van der Waals surface area contributed by atoms with Crippen molar-refractivity contribution in [3.63, 3.8) is 0 Å². The van der Waals surface area contributed by atoms with Gasteiger partial charge in [-0.15, -0.1) is 12.3 Å². The highest BCUT2D eigenvalue weighted by atomic mass is 16.4. The molecule has 0 aromatic heterocycles. The number of hydrogen-bond donors (Lipinski definition) is 2. The van der Waals surface area contributed by atoms with Crippen molar-refractivity contribution in [2.24, 2.45) is 11.7 Å². The predicted molar refractivity (Wildman–Crippen MR) is 33.6 cm³/mol. The molecule has 0 rings (SSSR count). The second kappa shape index (κ2) is 3.10. The molecule has 3 heteroatoms. The highest BCUT2D eigenvalue weighted by molar-refractivity contribution is 5.73. The number of carboxylic acids is 1. The number of hydrogen-bond acceptors (Lipinski definition) is 2. The zero-order valence-corrected chi connectivity index (χ0v) is 5.16. The third kappa shape index (κ3) is 2.15. The van der Waals surface area contributed by atoms with Crippen LogP contribution in [0.3, 0.4) is 0 Å². The van der Waals surface area contributed by atoms with Gasteiger partial charge in [0.1, 0.15) is 6.04 Å². The quantitative estimate of drug-likeness (QED) is 0.499. The van der Waals surface area contributed by atoms with Crippen molar-refractivity contribution in [1.82, 2.24) is 0 Å². The molecular weight excluding hydrogens is 118 g/mol. The molecule has 0 aliphatic carbocycles. The summed E-state index contributed by atoms with van der Waals surface area (Å²) in [6, 6.07) is -0.935. The molecule has 0 aliphatic rings. The van der Waals surface area contributed by atoms with E-state index >= 15 is 0 Å². The molecule has 3 N–H and O–H groups in total. The van der Waals surface area contributed by atoms with Gasteiger partial charge in [-0.25, -0.2) is 0 Å². The maximum Gasteiger partial charge on any atom is 0.321 e. The van der Waals surface area contributed by atoms with Crippen molar-refractivity contribution < 1.29 is 9.90 Å². The molecule has 3 nitrogen and oxygen atoms in total. The average Bonchev–Trinajstić information content (AvgIpc) is 1.84. The molecule has 0 saturated carbocycles. The Morgan fingerprint density at radius 3 is 2.44 bits per heavy atom. The summed E-state index contributed by atoms with van der Waals surface area (Å²) >= 11 is 0. The standard InChI is InChI=1S/C6H9NO2/c1-3-4(2)5(7)6(8)9/h1,4-5H,7H2,2H3,(H,8,9)/t4-,5+/m1/s1. The van der Waals surface area contributed by atoms with Gasteiger partial charge in [0.15, 0.2) is 0 Å². The molecule has 0 aliphatic heterocycles. The van der Waals surface area contributed by atoms with Crippen molar-refractivity contribution in [3.05, 3.63) is 0 Å². The Hall–Kier alpha value is -1.01. The maximum absolute atomic E-state index is 10.1. The normalized spacial score (nSPS) is 15.7. The molecule has 0 amide bonds. The van der Waals surface area contributed by atoms with Crippen LogP contribution >= 0.6 is 0 Å². The average molecular weight is 127 g/mol. The number of nitrogens with two attached hydrogens (primary N) is 1. The SMILES string of the molecule is C#C[C@@H](C)[C@H](N)C(=O)O. The summed E-state index contributed by atoms with van der Waals surface area (Å²) in [5, 5.41) is 8.26. The van der Waals surface area contributed by atoms with Gasteiger partial charge in [-0.2, -0.15) is 0 Å². The van der Waals surface area contributed by atoms with Crippen LogP contribution in [-0.2, 0) is 4.79 Å². The molecule has 0 saturated heterocycles. The number of terminal acetylenes is 1. The van der Waals surface area contributed by atoms with E-state index in [0.717, 1.165) is 0 Å². The van der Waals surface area contributed by atoms with E-state index in [2.05, 4.69) is 5.92 Å². The molecule has 2 atom stereocenters. The molecule has 0 fully saturated rings. The van der Waals surface area contributed by atoms with Crippen molar-refractivity contribution in [2.45, 2.75) is 13.0 Å². The van der Waals surface area contributed by atoms with Gasteiger partial charge in [0.2, 0.25) is 0 Å². The van der Waals surface area contributed by atoms with Crippen molar-refractivity contribution in [2.75, 3.05) is 0 Å². The van der Waals surface area contributed by atoms with Crippen LogP contribution in [0.5, 0.6) is 0 Å². The van der Waals surface area contributed by atoms with Crippen LogP contribution in [0.1, 0.15) is 6.92 Å². The third-order valence-corrected chi connectivity index (χ3v) is 1.09. The van der Waals surface area contributed by atoms with Gasteiger partial charge in [-0.05, 0) is 6.92 Å². The minimum Gasteiger partial charge on any atom is -0.480 e. The van der Waals surface area contributed by atoms with E-state index in [1.807, 2.05) is 0 Å². The first-order chi connectivity index (χ1) is 4.09. The van der Waals surface area contributed by atoms with Crippen molar-refractivity contribution in [1.29, 1.82) is 0 Å². The van der Waals surface area contributed by atoms with Gasteiger partial charge >= 0.3 is 5.97 Å². The lowest BCUT2D eigenvalue weighted by Gasteiger charge is -2.07. The molecule has 0 aromatic carbocycles. The Labute approximate surface area is 53.9 Å². The first kappa shape index (κ1) is 7.99. The van der Waals surface area contributed by atoms with E-state index in [9.17, 15) is 4.79 Å². The van der Waals surface area contributed by atoms with E-state index in [1.165, 1.54) is 0 Å². The minimum atomic E-state index is -1.06. The van der Waals surface area contributed by atoms with E-state index in [0.29, 0.717) is 0 Å². The van der Waals surface area contributed by atoms with Gasteiger partial charge in [-0.1, -0.05) is 0 Å². The van der Waals surface area contributed by atoms with Crippen molar-refractivity contribution >= 4 is 5.97 Å². The van der Waals surface area contributed by atoms with Gasteiger partial charge < -0.3 is 10.8 Å². The van der Waals surface area contributed by atoms with Crippen LogP contribution < -0.4 is 5.73 Å². The Morgan fingerprint density at radius 1 is 1.89 bits per heavy atom. The fourth-order valence-corrected chi connectivity index (χ4v) is 0.318. The van der Waals surface area contributed by atoms with Crippen LogP contribution in [0.4, 0.5) is 0 Å². The summed E-state index contributed by atoms with van der Waals surface area (Å²) in [5.74, 6) is 0.785. The van der Waals surface area contributed by atoms with E-state index in [4.69, 9.17) is 17.3 Å². The second-order valence-electron chi connectivity index (χ2n) is 1.82. The lowest BCUT2D eigenvalue weighted by Crippen LogP contribution is -2.35. The lowest BCUT2D eigenvalue weighted by molar-refractivity contribution is -0.139. The summed E-state index contributed by atoms with van der Waals surface area (Å²) in [7, 11) is 0. The predicted octanol–water partition coefficient (Wildman–Crippen LogP) is -0.332. The van der Waals surface area contributed by atoms with Crippen LogP contribution in [0.15, 0.2) is 0 Å². The molecule has 0 heterocycles. The molecule has 0 bridgehead atoms. The third-order valence-electron chi connectivity index (χ3n) is 1.09. The first-order valence-corrected chi connectivity index (χ1v) is 2.54. The Morgan fingerprint density at radius 2 is 2.33 bits per heavy atom. The minimum absolute atomic E-state index is 0.400. The molecule has 0 aromatic rings. The summed E-state index contributed by atoms with van der Waals surface area (Å²) in [6.07, 6.45) is 4.92. The summed E-state index contributed by atoms with van der Waals surface area (Å²) < 4.78 is 0. The molecule has 0 radical (unpaired) electrons. The zero-order valence-electron chi connectivity index (χ0n) is 5.16. The maximum atomic E-state index is 10.1. The van der Waals surface area contributed by atoms with Crippen LogP contribution in [0, 0.1) is 18.3 Å². The van der Waals surface area contributed by atoms with Gasteiger partial charge in [0, 0.05) is 5.92 Å². The van der Waals surface area contributed by atoms with Crippen LogP contribution in [0.25, 0.3) is 0 Å². The van der Waals surface area contributed by atoms with Crippen LogP contribution in [-0.4, -0.2) is 17.1 Å². The number of rotatable bonds is 2. The Balaban J connectivity index is 3.91. The molecule has 0 spiro atoms. The van der Waals surface area contributed by atoms with E-state index in [-0.39, 0.29) is 0 Å². The largest absolute Gasteiger partial charge is 0.480 e. The molecule has 0 unspecified atom stereocenters. The first-order valence-electron chi connectivity index (χ1n) is 2.54. The van der Waals surface area contributed by atoms with Crippen molar-refractivity contribution in [3.8, 4) is 12.3 Å². The highest BCUT2D eigenvalue weighted by Gasteiger charge is 2.16. The molecule has 9 heavy (non-hydrogen) atoms. The van der Waals surface area contributed by atoms with Gasteiger partial charge in [0.25, 0.3) is 0 Å². The van der Waals surface area contributed by atoms with Gasteiger partial charge in [-0.3, -0.25) is 4.79 Å². The highest BCUT2D eigenvalue weighted by Crippen LogP contribution is 1.96. The Bertz CT molecular complexity index is 148. The monoisotopic (exact) mass is 127 g/mol.